The molecule has 0 bridgehead atoms. The van der Waals surface area contributed by atoms with Gasteiger partial charge in [0.05, 0.1) is 5.69 Å². The molecule has 2 fully saturated rings. The molecule has 1 saturated heterocycles. The van der Waals surface area contributed by atoms with Gasteiger partial charge in [0.25, 0.3) is 0 Å². The van der Waals surface area contributed by atoms with Gasteiger partial charge in [-0.2, -0.15) is 0 Å². The van der Waals surface area contributed by atoms with E-state index in [0.29, 0.717) is 6.04 Å². The maximum atomic E-state index is 5.08. The summed E-state index contributed by atoms with van der Waals surface area (Å²) in [5.41, 5.74) is 1.06. The van der Waals surface area contributed by atoms with Crippen molar-refractivity contribution in [2.24, 2.45) is 0 Å². The Balaban J connectivity index is 1.49. The second-order valence-corrected chi connectivity index (χ2v) is 5.09. The molecular weight excluding hydrogens is 202 g/mol. The highest BCUT2D eigenvalue weighted by Crippen LogP contribution is 2.22. The van der Waals surface area contributed by atoms with Gasteiger partial charge in [0.1, 0.15) is 5.76 Å². The number of nitrogens with zero attached hydrogens (tertiary/aromatic N) is 2. The maximum absolute atomic E-state index is 5.08. The maximum Gasteiger partial charge on any atom is 0.133 e. The molecule has 1 aliphatic carbocycles. The highest BCUT2D eigenvalue weighted by Gasteiger charge is 2.29. The van der Waals surface area contributed by atoms with Crippen LogP contribution in [0.5, 0.6) is 0 Å². The van der Waals surface area contributed by atoms with Crippen LogP contribution in [0.4, 0.5) is 0 Å². The molecule has 1 atom stereocenters. The first-order valence-corrected chi connectivity index (χ1v) is 6.20. The molecule has 4 nitrogen and oxygen atoms in total. The molecule has 1 N–H and O–H groups in total. The van der Waals surface area contributed by atoms with E-state index in [4.69, 9.17) is 4.52 Å². The number of aromatic nitrogens is 1. The van der Waals surface area contributed by atoms with Gasteiger partial charge in [-0.3, -0.25) is 4.90 Å². The molecule has 1 unspecified atom stereocenters. The summed E-state index contributed by atoms with van der Waals surface area (Å²) in [6.07, 6.45) is 4.02. The largest absolute Gasteiger partial charge is 0.361 e. The summed E-state index contributed by atoms with van der Waals surface area (Å²) in [6, 6.07) is 3.54. The first-order chi connectivity index (χ1) is 7.79. The Morgan fingerprint density at radius 3 is 3.00 bits per heavy atom. The topological polar surface area (TPSA) is 41.3 Å². The van der Waals surface area contributed by atoms with Crippen LogP contribution in [0.2, 0.25) is 0 Å². The summed E-state index contributed by atoms with van der Waals surface area (Å²) in [4.78, 5) is 2.46. The summed E-state index contributed by atoms with van der Waals surface area (Å²) in [6.45, 7) is 5.21. The molecule has 2 heterocycles. The van der Waals surface area contributed by atoms with Gasteiger partial charge in [0.2, 0.25) is 0 Å². The zero-order chi connectivity index (χ0) is 11.0. The number of aryl methyl sites for hydroxylation is 1. The summed E-state index contributed by atoms with van der Waals surface area (Å²) >= 11 is 0. The molecule has 1 aliphatic heterocycles. The summed E-state index contributed by atoms with van der Waals surface area (Å²) in [5.74, 6) is 0.904. The standard InChI is InChI=1S/C12H19N3O/c1-9-6-12(14-16-9)8-15-5-4-11(7-15)13-10-2-3-10/h6,10-11,13H,2-5,7-8H2,1H3. The first kappa shape index (κ1) is 10.3. The summed E-state index contributed by atoms with van der Waals surface area (Å²) in [7, 11) is 0. The molecule has 0 amide bonds. The van der Waals surface area contributed by atoms with Gasteiger partial charge in [0.15, 0.2) is 0 Å². The Hall–Kier alpha value is -0.870. The van der Waals surface area contributed by atoms with Crippen LogP contribution in [0.1, 0.15) is 30.7 Å². The van der Waals surface area contributed by atoms with Gasteiger partial charge in [-0.05, 0) is 26.2 Å². The molecular formula is C12H19N3O. The van der Waals surface area contributed by atoms with E-state index in [1.165, 1.54) is 25.8 Å². The number of rotatable bonds is 4. The number of likely N-dealkylation sites (tertiary alicyclic amines) is 1. The monoisotopic (exact) mass is 221 g/mol. The van der Waals surface area contributed by atoms with Gasteiger partial charge in [0, 0.05) is 37.8 Å². The van der Waals surface area contributed by atoms with Crippen molar-refractivity contribution in [3.63, 3.8) is 0 Å². The van der Waals surface area contributed by atoms with E-state index in [-0.39, 0.29) is 0 Å². The molecule has 1 aromatic heterocycles. The molecule has 2 aliphatic rings. The van der Waals surface area contributed by atoms with Crippen molar-refractivity contribution in [2.75, 3.05) is 13.1 Å². The van der Waals surface area contributed by atoms with Crippen molar-refractivity contribution in [3.8, 4) is 0 Å². The number of hydrogen-bond acceptors (Lipinski definition) is 4. The number of hydrogen-bond donors (Lipinski definition) is 1. The normalized spacial score (nSPS) is 26.4. The van der Waals surface area contributed by atoms with Gasteiger partial charge in [-0.1, -0.05) is 5.16 Å². The van der Waals surface area contributed by atoms with Crippen molar-refractivity contribution >= 4 is 0 Å². The van der Waals surface area contributed by atoms with Crippen molar-refractivity contribution in [3.05, 3.63) is 17.5 Å². The third-order valence-corrected chi connectivity index (χ3v) is 3.38. The van der Waals surface area contributed by atoms with Crippen LogP contribution in [0.3, 0.4) is 0 Å². The van der Waals surface area contributed by atoms with Crippen molar-refractivity contribution in [2.45, 2.75) is 44.8 Å². The Morgan fingerprint density at radius 2 is 2.31 bits per heavy atom. The van der Waals surface area contributed by atoms with Crippen molar-refractivity contribution in [1.29, 1.82) is 0 Å². The van der Waals surface area contributed by atoms with Crippen LogP contribution in [-0.4, -0.2) is 35.2 Å². The Labute approximate surface area is 96.0 Å². The fourth-order valence-corrected chi connectivity index (χ4v) is 2.42. The average molecular weight is 221 g/mol. The molecule has 1 aromatic rings. The van der Waals surface area contributed by atoms with E-state index in [2.05, 4.69) is 15.4 Å². The predicted molar refractivity (Wildman–Crippen MR) is 61.1 cm³/mol. The third kappa shape index (κ3) is 2.44. The molecule has 88 valence electrons. The Bertz CT molecular complexity index is 359. The predicted octanol–water partition coefficient (Wildman–Crippen LogP) is 1.31. The lowest BCUT2D eigenvalue weighted by Gasteiger charge is -2.14. The van der Waals surface area contributed by atoms with E-state index in [9.17, 15) is 0 Å². The average Bonchev–Trinajstić information content (AvgIpc) is 2.80. The molecule has 1 saturated carbocycles. The second-order valence-electron chi connectivity index (χ2n) is 5.09. The molecule has 0 spiro atoms. The SMILES string of the molecule is Cc1cc(CN2CCC(NC3CC3)C2)no1. The fourth-order valence-electron chi connectivity index (χ4n) is 2.42. The zero-order valence-corrected chi connectivity index (χ0v) is 9.78. The smallest absolute Gasteiger partial charge is 0.133 e. The third-order valence-electron chi connectivity index (χ3n) is 3.38. The quantitative estimate of drug-likeness (QED) is 0.832. The van der Waals surface area contributed by atoms with Gasteiger partial charge in [-0.15, -0.1) is 0 Å². The van der Waals surface area contributed by atoms with Crippen LogP contribution >= 0.6 is 0 Å². The first-order valence-electron chi connectivity index (χ1n) is 6.20. The van der Waals surface area contributed by atoms with E-state index in [1.807, 2.05) is 13.0 Å². The summed E-state index contributed by atoms with van der Waals surface area (Å²) < 4.78 is 5.08. The van der Waals surface area contributed by atoms with Gasteiger partial charge >= 0.3 is 0 Å². The van der Waals surface area contributed by atoms with Gasteiger partial charge < -0.3 is 9.84 Å². The Kier molecular flexibility index (Phi) is 2.69. The van der Waals surface area contributed by atoms with Crippen LogP contribution in [0, 0.1) is 6.92 Å². The van der Waals surface area contributed by atoms with Crippen LogP contribution in [0.15, 0.2) is 10.6 Å². The zero-order valence-electron chi connectivity index (χ0n) is 9.78. The van der Waals surface area contributed by atoms with Crippen LogP contribution in [0.25, 0.3) is 0 Å². The highest BCUT2D eigenvalue weighted by molar-refractivity contribution is 5.04. The van der Waals surface area contributed by atoms with E-state index < -0.39 is 0 Å². The lowest BCUT2D eigenvalue weighted by Crippen LogP contribution is -2.33. The molecule has 0 aromatic carbocycles. The lowest BCUT2D eigenvalue weighted by atomic mass is 10.2. The van der Waals surface area contributed by atoms with E-state index in [0.717, 1.165) is 30.6 Å². The van der Waals surface area contributed by atoms with Crippen molar-refractivity contribution in [1.82, 2.24) is 15.4 Å². The minimum absolute atomic E-state index is 0.695. The minimum Gasteiger partial charge on any atom is -0.361 e. The lowest BCUT2D eigenvalue weighted by molar-refractivity contribution is 0.303. The molecule has 3 rings (SSSR count). The highest BCUT2D eigenvalue weighted by atomic mass is 16.5. The van der Waals surface area contributed by atoms with Crippen molar-refractivity contribution < 1.29 is 4.52 Å². The minimum atomic E-state index is 0.695. The number of nitrogens with one attached hydrogen (secondary N) is 1. The second kappa shape index (κ2) is 4.18. The fraction of sp³-hybridized carbons (Fsp3) is 0.750. The summed E-state index contributed by atoms with van der Waals surface area (Å²) in [5, 5.41) is 7.73. The van der Waals surface area contributed by atoms with E-state index >= 15 is 0 Å². The van der Waals surface area contributed by atoms with Crippen LogP contribution in [-0.2, 0) is 6.54 Å². The van der Waals surface area contributed by atoms with E-state index in [1.54, 1.807) is 0 Å². The van der Waals surface area contributed by atoms with Crippen LogP contribution < -0.4 is 5.32 Å². The van der Waals surface area contributed by atoms with Gasteiger partial charge in [-0.25, -0.2) is 0 Å². The molecule has 4 heteroatoms. The Morgan fingerprint density at radius 1 is 1.44 bits per heavy atom. The molecule has 16 heavy (non-hydrogen) atoms. The molecule has 0 radical (unpaired) electrons.